The van der Waals surface area contributed by atoms with Crippen LogP contribution in [0.2, 0.25) is 0 Å². The van der Waals surface area contributed by atoms with Crippen molar-refractivity contribution in [2.45, 2.75) is 19.3 Å². The van der Waals surface area contributed by atoms with Crippen LogP contribution in [0.5, 0.6) is 0 Å². The fraction of sp³-hybridized carbons (Fsp3) is 0.412. The van der Waals surface area contributed by atoms with Crippen LogP contribution in [-0.4, -0.2) is 40.6 Å². The Morgan fingerprint density at radius 2 is 2.04 bits per heavy atom. The number of oxime groups is 1. The number of likely N-dealkylation sites (tertiary alicyclic amines) is 1. The summed E-state index contributed by atoms with van der Waals surface area (Å²) in [6.07, 6.45) is 3.46. The Kier molecular flexibility index (Phi) is 5.46. The topological polar surface area (TPSA) is 61.9 Å². The van der Waals surface area contributed by atoms with E-state index in [0.717, 1.165) is 38.3 Å². The third-order valence-electron chi connectivity index (χ3n) is 4.33. The normalized spacial score (nSPS) is 17.5. The first kappa shape index (κ1) is 16.2. The van der Waals surface area contributed by atoms with Crippen LogP contribution in [0, 0.1) is 5.92 Å². The Hall–Kier alpha value is -1.66. The second-order valence-corrected chi connectivity index (χ2v) is 6.78. The number of hydrogen-bond acceptors (Lipinski definition) is 5. The first-order valence-electron chi connectivity index (χ1n) is 7.84. The Balaban J connectivity index is 1.51. The summed E-state index contributed by atoms with van der Waals surface area (Å²) in [5.41, 5.74) is 1.93. The zero-order chi connectivity index (χ0) is 16.1. The molecule has 0 bridgehead atoms. The van der Waals surface area contributed by atoms with Gasteiger partial charge in [0.05, 0.1) is 0 Å². The number of rotatable bonds is 5. The van der Waals surface area contributed by atoms with E-state index in [1.807, 2.05) is 0 Å². The molecule has 2 heterocycles. The average molecular weight is 378 g/mol. The summed E-state index contributed by atoms with van der Waals surface area (Å²) in [5.74, 6) is 1.23. The molecule has 3 rings (SSSR count). The molecule has 1 saturated heterocycles. The number of halogens is 1. The van der Waals surface area contributed by atoms with Crippen molar-refractivity contribution in [3.05, 3.63) is 52.3 Å². The Labute approximate surface area is 144 Å². The fourth-order valence-corrected chi connectivity index (χ4v) is 3.34. The van der Waals surface area contributed by atoms with Crippen LogP contribution in [0.3, 0.4) is 0 Å². The Bertz CT molecular complexity index is 649. The van der Waals surface area contributed by atoms with Crippen LogP contribution in [0.4, 0.5) is 0 Å². The van der Waals surface area contributed by atoms with Crippen LogP contribution >= 0.6 is 15.9 Å². The lowest BCUT2D eigenvalue weighted by atomic mass is 9.90. The lowest BCUT2D eigenvalue weighted by Crippen LogP contribution is -2.38. The molecule has 5 nitrogen and oxygen atoms in total. The van der Waals surface area contributed by atoms with E-state index in [9.17, 15) is 5.21 Å². The smallest absolute Gasteiger partial charge is 0.186 e. The molecule has 1 N–H and O–H groups in total. The van der Waals surface area contributed by atoms with Gasteiger partial charge in [-0.15, -0.1) is 0 Å². The minimum Gasteiger partial charge on any atom is -0.410 e. The number of hydrogen-bond donors (Lipinski definition) is 1. The molecule has 0 amide bonds. The molecule has 0 radical (unpaired) electrons. The van der Waals surface area contributed by atoms with E-state index in [1.165, 1.54) is 5.56 Å². The minimum absolute atomic E-state index is 0.505. The van der Waals surface area contributed by atoms with Crippen molar-refractivity contribution in [3.8, 4) is 0 Å². The third-order valence-corrected chi connectivity index (χ3v) is 4.71. The zero-order valence-corrected chi connectivity index (χ0v) is 14.4. The molecule has 1 aliphatic rings. The van der Waals surface area contributed by atoms with Crippen molar-refractivity contribution in [1.29, 1.82) is 0 Å². The molecule has 1 fully saturated rings. The highest BCUT2D eigenvalue weighted by atomic mass is 79.9. The van der Waals surface area contributed by atoms with Crippen molar-refractivity contribution in [3.63, 3.8) is 0 Å². The van der Waals surface area contributed by atoms with Crippen LogP contribution in [0.15, 0.2) is 50.7 Å². The first-order chi connectivity index (χ1) is 11.2. The van der Waals surface area contributed by atoms with Gasteiger partial charge in [0.25, 0.3) is 0 Å². The molecule has 0 saturated carbocycles. The van der Waals surface area contributed by atoms with Gasteiger partial charge in [-0.05, 0) is 59.8 Å². The molecule has 1 aromatic carbocycles. The highest BCUT2D eigenvalue weighted by molar-refractivity contribution is 9.10. The molecule has 0 unspecified atom stereocenters. The Morgan fingerprint density at radius 3 is 2.65 bits per heavy atom. The molecule has 122 valence electrons. The maximum absolute atomic E-state index is 9.22. The second kappa shape index (κ2) is 7.75. The summed E-state index contributed by atoms with van der Waals surface area (Å²) in [5, 5.41) is 16.4. The molecule has 6 heteroatoms. The van der Waals surface area contributed by atoms with E-state index in [-0.39, 0.29) is 0 Å². The van der Waals surface area contributed by atoms with Crippen LogP contribution < -0.4 is 0 Å². The van der Waals surface area contributed by atoms with Crippen molar-refractivity contribution in [1.82, 2.24) is 10.1 Å². The van der Waals surface area contributed by atoms with Crippen molar-refractivity contribution < 1.29 is 9.73 Å². The SMILES string of the molecule is ON=C(CN1CCC(Cc2ccccc2)CC1)c1cc(Br)no1. The van der Waals surface area contributed by atoms with E-state index in [2.05, 4.69) is 61.5 Å². The minimum atomic E-state index is 0.505. The van der Waals surface area contributed by atoms with Gasteiger partial charge in [-0.1, -0.05) is 40.6 Å². The van der Waals surface area contributed by atoms with Crippen LogP contribution in [0.25, 0.3) is 0 Å². The second-order valence-electron chi connectivity index (χ2n) is 5.97. The van der Waals surface area contributed by atoms with Gasteiger partial charge in [0, 0.05) is 12.6 Å². The van der Waals surface area contributed by atoms with Gasteiger partial charge >= 0.3 is 0 Å². The van der Waals surface area contributed by atoms with E-state index >= 15 is 0 Å². The molecule has 0 atom stereocenters. The van der Waals surface area contributed by atoms with Gasteiger partial charge in [-0.3, -0.25) is 4.90 Å². The van der Waals surface area contributed by atoms with E-state index in [4.69, 9.17) is 4.52 Å². The van der Waals surface area contributed by atoms with Gasteiger partial charge in [-0.25, -0.2) is 0 Å². The predicted octanol–water partition coefficient (Wildman–Crippen LogP) is 3.57. The maximum Gasteiger partial charge on any atom is 0.186 e. The summed E-state index contributed by atoms with van der Waals surface area (Å²) in [4.78, 5) is 2.30. The lowest BCUT2D eigenvalue weighted by Gasteiger charge is -2.31. The molecule has 0 aliphatic carbocycles. The summed E-state index contributed by atoms with van der Waals surface area (Å²) in [6, 6.07) is 12.4. The summed E-state index contributed by atoms with van der Waals surface area (Å²) >= 11 is 3.24. The predicted molar refractivity (Wildman–Crippen MR) is 91.8 cm³/mol. The van der Waals surface area contributed by atoms with Crippen LogP contribution in [-0.2, 0) is 6.42 Å². The molecule has 2 aromatic rings. The van der Waals surface area contributed by atoms with Crippen LogP contribution in [0.1, 0.15) is 24.2 Å². The number of piperidine rings is 1. The number of nitrogens with zero attached hydrogens (tertiary/aromatic N) is 3. The van der Waals surface area contributed by atoms with Crippen molar-refractivity contribution in [2.24, 2.45) is 11.1 Å². The summed E-state index contributed by atoms with van der Waals surface area (Å²) in [7, 11) is 0. The van der Waals surface area contributed by atoms with Gasteiger partial charge in [-0.2, -0.15) is 0 Å². The summed E-state index contributed by atoms with van der Waals surface area (Å²) < 4.78 is 5.75. The molecule has 1 aliphatic heterocycles. The molecule has 0 spiro atoms. The zero-order valence-electron chi connectivity index (χ0n) is 12.9. The van der Waals surface area contributed by atoms with E-state index in [0.29, 0.717) is 22.6 Å². The first-order valence-corrected chi connectivity index (χ1v) is 8.63. The van der Waals surface area contributed by atoms with Gasteiger partial charge in [0.2, 0.25) is 0 Å². The third kappa shape index (κ3) is 4.42. The molecule has 23 heavy (non-hydrogen) atoms. The van der Waals surface area contributed by atoms with Crippen molar-refractivity contribution in [2.75, 3.05) is 19.6 Å². The molecular weight excluding hydrogens is 358 g/mol. The standard InChI is InChI=1S/C17H20BrN3O2/c18-17-11-16(23-20-17)15(19-22)12-21-8-6-14(7-9-21)10-13-4-2-1-3-5-13/h1-5,11,14,22H,6-10,12H2. The van der Waals surface area contributed by atoms with Gasteiger partial charge in [0.1, 0.15) is 10.3 Å². The van der Waals surface area contributed by atoms with Gasteiger partial charge in [0.15, 0.2) is 5.76 Å². The van der Waals surface area contributed by atoms with E-state index < -0.39 is 0 Å². The number of aromatic nitrogens is 1. The lowest BCUT2D eigenvalue weighted by molar-refractivity contribution is 0.202. The Morgan fingerprint density at radius 1 is 1.30 bits per heavy atom. The molecule has 1 aromatic heterocycles. The fourth-order valence-electron chi connectivity index (χ4n) is 3.06. The van der Waals surface area contributed by atoms with E-state index in [1.54, 1.807) is 6.07 Å². The maximum atomic E-state index is 9.22. The largest absolute Gasteiger partial charge is 0.410 e. The highest BCUT2D eigenvalue weighted by Gasteiger charge is 2.22. The highest BCUT2D eigenvalue weighted by Crippen LogP contribution is 2.22. The monoisotopic (exact) mass is 377 g/mol. The average Bonchev–Trinajstić information content (AvgIpc) is 3.01. The van der Waals surface area contributed by atoms with Crippen molar-refractivity contribution >= 4 is 21.6 Å². The number of benzene rings is 1. The van der Waals surface area contributed by atoms with Gasteiger partial charge < -0.3 is 9.73 Å². The quantitative estimate of drug-likeness (QED) is 0.491. The summed E-state index contributed by atoms with van der Waals surface area (Å²) in [6.45, 7) is 2.59. The molecular formula is C17H20BrN3O2.